The summed E-state index contributed by atoms with van der Waals surface area (Å²) in [7, 11) is 1.93. The molecular weight excluding hydrogens is 340 g/mol. The number of carbonyl (C=O) groups excluding carboxylic acids is 2. The van der Waals surface area contributed by atoms with Crippen LogP contribution in [0.4, 0.5) is 4.79 Å². The lowest BCUT2D eigenvalue weighted by molar-refractivity contribution is -0.149. The van der Waals surface area contributed by atoms with E-state index in [-0.39, 0.29) is 17.7 Å². The number of nitrogens with zero attached hydrogens (tertiary/aromatic N) is 5. The van der Waals surface area contributed by atoms with Gasteiger partial charge in [-0.2, -0.15) is 0 Å². The summed E-state index contributed by atoms with van der Waals surface area (Å²) >= 11 is 0. The minimum absolute atomic E-state index is 0.0123. The summed E-state index contributed by atoms with van der Waals surface area (Å²) in [6.45, 7) is 6.88. The fourth-order valence-corrected chi connectivity index (χ4v) is 3.57. The highest BCUT2D eigenvalue weighted by molar-refractivity contribution is 5.94. The van der Waals surface area contributed by atoms with Gasteiger partial charge in [0.25, 0.3) is 5.91 Å². The van der Waals surface area contributed by atoms with Crippen LogP contribution in [0.1, 0.15) is 13.8 Å². The molecule has 0 saturated carbocycles. The molecule has 2 N–H and O–H groups in total. The third-order valence-corrected chi connectivity index (χ3v) is 4.96. The zero-order chi connectivity index (χ0) is 19.0. The molecule has 0 unspecified atom stereocenters. The average Bonchev–Trinajstić information content (AvgIpc) is 3.09. The molecule has 26 heavy (non-hydrogen) atoms. The molecule has 0 bridgehead atoms. The molecule has 10 nitrogen and oxygen atoms in total. The van der Waals surface area contributed by atoms with Gasteiger partial charge in [-0.15, -0.1) is 0 Å². The lowest BCUT2D eigenvalue weighted by Gasteiger charge is -2.40. The molecule has 0 aromatic carbocycles. The second kappa shape index (κ2) is 7.02. The fourth-order valence-electron chi connectivity index (χ4n) is 3.57. The van der Waals surface area contributed by atoms with Crippen LogP contribution in [-0.4, -0.2) is 100 Å². The van der Waals surface area contributed by atoms with Crippen LogP contribution >= 0.6 is 0 Å². The first-order chi connectivity index (χ1) is 12.3. The normalized spacial score (nSPS) is 22.0. The SMILES string of the molecule is CC(C)[C@@H](NC(=O)O)C(=O)N1CCN(N2CN3CN(C)C=C3C2=O)CC1. The number of amides is 3. The Bertz CT molecular complexity index is 628. The zero-order valence-corrected chi connectivity index (χ0v) is 15.4. The van der Waals surface area contributed by atoms with Crippen molar-refractivity contribution in [2.24, 2.45) is 5.92 Å². The second-order valence-electron chi connectivity index (χ2n) is 7.25. The first-order valence-electron chi connectivity index (χ1n) is 8.80. The van der Waals surface area contributed by atoms with Crippen LogP contribution in [0.3, 0.4) is 0 Å². The maximum absolute atomic E-state index is 12.6. The first-order valence-corrected chi connectivity index (χ1v) is 8.80. The van der Waals surface area contributed by atoms with E-state index in [1.54, 1.807) is 9.91 Å². The van der Waals surface area contributed by atoms with Crippen LogP contribution < -0.4 is 5.32 Å². The van der Waals surface area contributed by atoms with Crippen LogP contribution in [0.2, 0.25) is 0 Å². The highest BCUT2D eigenvalue weighted by atomic mass is 16.4. The van der Waals surface area contributed by atoms with E-state index in [1.165, 1.54) is 0 Å². The van der Waals surface area contributed by atoms with Gasteiger partial charge in [0.2, 0.25) is 5.91 Å². The summed E-state index contributed by atoms with van der Waals surface area (Å²) in [5, 5.41) is 15.0. The first kappa shape index (κ1) is 18.3. The van der Waals surface area contributed by atoms with Gasteiger partial charge in [0, 0.05) is 39.4 Å². The number of carboxylic acid groups (broad SMARTS) is 1. The van der Waals surface area contributed by atoms with Crippen molar-refractivity contribution in [3.63, 3.8) is 0 Å². The van der Waals surface area contributed by atoms with Gasteiger partial charge in [0.1, 0.15) is 18.4 Å². The lowest BCUT2D eigenvalue weighted by Crippen LogP contribution is -2.59. The predicted octanol–water partition coefficient (Wildman–Crippen LogP) is -0.816. The van der Waals surface area contributed by atoms with Crippen molar-refractivity contribution in [2.45, 2.75) is 19.9 Å². The van der Waals surface area contributed by atoms with Crippen molar-refractivity contribution >= 4 is 17.9 Å². The van der Waals surface area contributed by atoms with Crippen molar-refractivity contribution < 1.29 is 19.5 Å². The second-order valence-corrected chi connectivity index (χ2v) is 7.25. The van der Waals surface area contributed by atoms with Gasteiger partial charge in [0.15, 0.2) is 0 Å². The average molecular weight is 366 g/mol. The molecule has 0 spiro atoms. The predicted molar refractivity (Wildman–Crippen MR) is 92.2 cm³/mol. The molecule has 0 aromatic heterocycles. The molecule has 0 aromatic rings. The van der Waals surface area contributed by atoms with Crippen LogP contribution in [0.15, 0.2) is 11.9 Å². The molecule has 2 fully saturated rings. The largest absolute Gasteiger partial charge is 0.465 e. The number of piperazine rings is 1. The molecule has 0 aliphatic carbocycles. The number of hydrazine groups is 1. The van der Waals surface area contributed by atoms with Crippen LogP contribution in [0.25, 0.3) is 0 Å². The van der Waals surface area contributed by atoms with E-state index in [1.807, 2.05) is 41.9 Å². The molecule has 0 radical (unpaired) electrons. The monoisotopic (exact) mass is 366 g/mol. The van der Waals surface area contributed by atoms with Crippen LogP contribution in [0, 0.1) is 5.92 Å². The number of fused-ring (bicyclic) bond motifs is 1. The maximum Gasteiger partial charge on any atom is 0.405 e. The molecule has 3 aliphatic heterocycles. The Morgan fingerprint density at radius 1 is 1.15 bits per heavy atom. The minimum Gasteiger partial charge on any atom is -0.465 e. The van der Waals surface area contributed by atoms with Crippen molar-refractivity contribution in [1.29, 1.82) is 0 Å². The molecule has 3 amide bonds. The van der Waals surface area contributed by atoms with Crippen molar-refractivity contribution in [3.05, 3.63) is 11.9 Å². The number of hydrogen-bond acceptors (Lipinski definition) is 6. The quantitative estimate of drug-likeness (QED) is 0.671. The third kappa shape index (κ3) is 3.41. The van der Waals surface area contributed by atoms with E-state index in [0.717, 1.165) is 0 Å². The van der Waals surface area contributed by atoms with Crippen LogP contribution in [0.5, 0.6) is 0 Å². The molecule has 2 saturated heterocycles. The molecular formula is C16H26N6O4. The number of hydrogen-bond donors (Lipinski definition) is 2. The highest BCUT2D eigenvalue weighted by Crippen LogP contribution is 2.25. The van der Waals surface area contributed by atoms with Crippen molar-refractivity contribution in [1.82, 2.24) is 30.0 Å². The number of carbonyl (C=O) groups is 3. The van der Waals surface area contributed by atoms with Gasteiger partial charge in [-0.25, -0.2) is 14.8 Å². The van der Waals surface area contributed by atoms with E-state index >= 15 is 0 Å². The number of nitrogens with one attached hydrogen (secondary N) is 1. The van der Waals surface area contributed by atoms with E-state index in [9.17, 15) is 14.4 Å². The Morgan fingerprint density at radius 3 is 2.35 bits per heavy atom. The molecule has 3 aliphatic rings. The smallest absolute Gasteiger partial charge is 0.405 e. The van der Waals surface area contributed by atoms with Gasteiger partial charge in [-0.05, 0) is 5.92 Å². The van der Waals surface area contributed by atoms with Gasteiger partial charge in [0.05, 0.1) is 6.67 Å². The lowest BCUT2D eigenvalue weighted by atomic mass is 10.0. The Balaban J connectivity index is 1.58. The number of rotatable bonds is 4. The molecule has 10 heteroatoms. The Labute approximate surface area is 152 Å². The van der Waals surface area contributed by atoms with E-state index in [2.05, 4.69) is 5.32 Å². The highest BCUT2D eigenvalue weighted by Gasteiger charge is 2.41. The van der Waals surface area contributed by atoms with Gasteiger partial charge in [-0.1, -0.05) is 13.8 Å². The topological polar surface area (TPSA) is 99.7 Å². The maximum atomic E-state index is 12.6. The van der Waals surface area contributed by atoms with E-state index in [4.69, 9.17) is 5.11 Å². The Kier molecular flexibility index (Phi) is 4.94. The summed E-state index contributed by atoms with van der Waals surface area (Å²) in [6, 6.07) is -0.751. The van der Waals surface area contributed by atoms with E-state index < -0.39 is 12.1 Å². The molecule has 3 heterocycles. The minimum atomic E-state index is -1.20. The summed E-state index contributed by atoms with van der Waals surface area (Å²) in [6.07, 6.45) is 0.657. The molecule has 3 rings (SSSR count). The summed E-state index contributed by atoms with van der Waals surface area (Å²) in [5.41, 5.74) is 0.705. The van der Waals surface area contributed by atoms with E-state index in [0.29, 0.717) is 45.2 Å². The van der Waals surface area contributed by atoms with Crippen molar-refractivity contribution in [3.8, 4) is 0 Å². The van der Waals surface area contributed by atoms with Gasteiger partial charge >= 0.3 is 6.09 Å². The zero-order valence-electron chi connectivity index (χ0n) is 15.4. The third-order valence-electron chi connectivity index (χ3n) is 4.96. The fraction of sp³-hybridized carbons (Fsp3) is 0.688. The van der Waals surface area contributed by atoms with Gasteiger partial charge in [-0.3, -0.25) is 9.59 Å². The summed E-state index contributed by atoms with van der Waals surface area (Å²) < 4.78 is 0. The summed E-state index contributed by atoms with van der Waals surface area (Å²) in [5.74, 6) is -0.352. The molecule has 1 atom stereocenters. The van der Waals surface area contributed by atoms with Crippen LogP contribution in [-0.2, 0) is 9.59 Å². The van der Waals surface area contributed by atoms with Gasteiger partial charge < -0.3 is 25.1 Å². The standard InChI is InChI=1S/C16H26N6O4/c1-11(2)13(17-16(25)26)15(24)19-4-6-21(7-5-19)22-10-20-9-18(3)8-12(20)14(22)23/h8,11,13,17H,4-7,9-10H2,1-3H3,(H,25,26)/t13-/m1/s1. The Morgan fingerprint density at radius 2 is 1.81 bits per heavy atom. The summed E-state index contributed by atoms with van der Waals surface area (Å²) in [4.78, 5) is 41.8. The molecule has 144 valence electrons. The van der Waals surface area contributed by atoms with Crippen molar-refractivity contribution in [2.75, 3.05) is 46.6 Å². The Hall–Kier alpha value is -2.49.